The topological polar surface area (TPSA) is 107 Å². The van der Waals surface area contributed by atoms with Crippen molar-refractivity contribution in [3.05, 3.63) is 84.1 Å². The molecule has 9 heteroatoms. The first kappa shape index (κ1) is 21.9. The number of ether oxygens (including phenoxy) is 1. The average molecular weight is 444 g/mol. The Labute approximate surface area is 191 Å². The first-order valence-electron chi connectivity index (χ1n) is 10.5. The molecule has 168 valence electrons. The van der Waals surface area contributed by atoms with E-state index in [2.05, 4.69) is 30.8 Å². The summed E-state index contributed by atoms with van der Waals surface area (Å²) in [6.07, 6.45) is 3.15. The number of benzene rings is 2. The molecular weight excluding hydrogens is 418 g/mol. The fraction of sp³-hybridized carbons (Fsp3) is 0.208. The number of amides is 1. The van der Waals surface area contributed by atoms with Gasteiger partial charge in [0.25, 0.3) is 5.91 Å². The maximum atomic E-state index is 12.8. The van der Waals surface area contributed by atoms with Gasteiger partial charge in [0.15, 0.2) is 11.6 Å². The molecule has 4 aromatic rings. The molecule has 0 aliphatic heterocycles. The van der Waals surface area contributed by atoms with E-state index in [4.69, 9.17) is 4.74 Å². The molecule has 4 rings (SSSR count). The van der Waals surface area contributed by atoms with Crippen LogP contribution >= 0.6 is 0 Å². The predicted octanol–water partition coefficient (Wildman–Crippen LogP) is 3.38. The summed E-state index contributed by atoms with van der Waals surface area (Å²) in [5.41, 5.74) is 3.09. The number of hydrogen-bond donors (Lipinski definition) is 2. The van der Waals surface area contributed by atoms with Gasteiger partial charge >= 0.3 is 0 Å². The molecule has 1 amide bonds. The summed E-state index contributed by atoms with van der Waals surface area (Å²) in [6, 6.07) is 16.7. The standard InChI is InChI=1S/C24H25N7O2/c1-16(17-7-9-20(33-3)10-8-17)28-24(32)18-5-4-6-19(13-18)26-14-22-29-30-23(31(22)2)21-11-12-25-15-27-21/h4-13,15-16,26H,14H2,1-3H3,(H,28,32)/t16-/m0/s1. The average Bonchev–Trinajstić information content (AvgIpc) is 3.23. The number of hydrogen-bond acceptors (Lipinski definition) is 7. The van der Waals surface area contributed by atoms with Crippen molar-refractivity contribution in [2.45, 2.75) is 19.5 Å². The van der Waals surface area contributed by atoms with Crippen LogP contribution in [0.15, 0.2) is 67.1 Å². The first-order valence-corrected chi connectivity index (χ1v) is 10.5. The summed E-state index contributed by atoms with van der Waals surface area (Å²) in [6.45, 7) is 2.40. The lowest BCUT2D eigenvalue weighted by Crippen LogP contribution is -2.26. The second-order valence-electron chi connectivity index (χ2n) is 7.50. The highest BCUT2D eigenvalue weighted by atomic mass is 16.5. The summed E-state index contributed by atoms with van der Waals surface area (Å²) in [5, 5.41) is 14.8. The molecule has 0 saturated carbocycles. The smallest absolute Gasteiger partial charge is 0.251 e. The predicted molar refractivity (Wildman–Crippen MR) is 125 cm³/mol. The van der Waals surface area contributed by atoms with Gasteiger partial charge in [0, 0.05) is 24.5 Å². The van der Waals surface area contributed by atoms with Gasteiger partial charge in [-0.05, 0) is 48.9 Å². The number of carbonyl (C=O) groups is 1. The Morgan fingerprint density at radius 2 is 1.94 bits per heavy atom. The van der Waals surface area contributed by atoms with Crippen molar-refractivity contribution in [1.29, 1.82) is 0 Å². The molecule has 9 nitrogen and oxygen atoms in total. The van der Waals surface area contributed by atoms with Crippen molar-refractivity contribution in [3.63, 3.8) is 0 Å². The van der Waals surface area contributed by atoms with Gasteiger partial charge in [0.2, 0.25) is 0 Å². The van der Waals surface area contributed by atoms with E-state index >= 15 is 0 Å². The van der Waals surface area contributed by atoms with Crippen LogP contribution in [0.1, 0.15) is 34.7 Å². The Kier molecular flexibility index (Phi) is 6.58. The van der Waals surface area contributed by atoms with Gasteiger partial charge < -0.3 is 19.9 Å². The zero-order valence-corrected chi connectivity index (χ0v) is 18.7. The maximum Gasteiger partial charge on any atom is 0.251 e. The molecule has 0 radical (unpaired) electrons. The molecule has 0 aliphatic carbocycles. The SMILES string of the molecule is COc1ccc([C@H](C)NC(=O)c2cccc(NCc3nnc(-c4ccncn4)n3C)c2)cc1. The van der Waals surface area contributed by atoms with Crippen molar-refractivity contribution < 1.29 is 9.53 Å². The molecule has 0 saturated heterocycles. The van der Waals surface area contributed by atoms with Crippen LogP contribution in [0, 0.1) is 0 Å². The van der Waals surface area contributed by atoms with E-state index in [1.807, 2.05) is 61.0 Å². The Morgan fingerprint density at radius 1 is 1.12 bits per heavy atom. The van der Waals surface area contributed by atoms with Gasteiger partial charge in [0.1, 0.15) is 17.8 Å². The largest absolute Gasteiger partial charge is 0.497 e. The Bertz CT molecular complexity index is 1220. The molecule has 0 fully saturated rings. The van der Waals surface area contributed by atoms with Crippen LogP contribution < -0.4 is 15.4 Å². The number of methoxy groups -OCH3 is 1. The molecule has 0 unspecified atom stereocenters. The molecule has 0 bridgehead atoms. The molecule has 2 heterocycles. The minimum atomic E-state index is -0.147. The lowest BCUT2D eigenvalue weighted by molar-refractivity contribution is 0.0940. The van der Waals surface area contributed by atoms with Crippen molar-refractivity contribution >= 4 is 11.6 Å². The Morgan fingerprint density at radius 3 is 2.67 bits per heavy atom. The number of anilines is 1. The molecule has 2 aromatic carbocycles. The third kappa shape index (κ3) is 5.15. The van der Waals surface area contributed by atoms with Gasteiger partial charge in [0.05, 0.1) is 19.7 Å². The van der Waals surface area contributed by atoms with E-state index in [1.165, 1.54) is 6.33 Å². The van der Waals surface area contributed by atoms with Gasteiger partial charge in [-0.25, -0.2) is 9.97 Å². The second kappa shape index (κ2) is 9.90. The van der Waals surface area contributed by atoms with Gasteiger partial charge in [-0.15, -0.1) is 10.2 Å². The summed E-state index contributed by atoms with van der Waals surface area (Å²) in [5.74, 6) is 2.04. The highest BCUT2D eigenvalue weighted by Crippen LogP contribution is 2.19. The van der Waals surface area contributed by atoms with Crippen LogP contribution in [0.4, 0.5) is 5.69 Å². The lowest BCUT2D eigenvalue weighted by atomic mass is 10.1. The second-order valence-corrected chi connectivity index (χ2v) is 7.50. The van der Waals surface area contributed by atoms with Gasteiger partial charge in [-0.3, -0.25) is 4.79 Å². The molecular formula is C24H25N7O2. The van der Waals surface area contributed by atoms with E-state index < -0.39 is 0 Å². The van der Waals surface area contributed by atoms with E-state index in [0.29, 0.717) is 23.6 Å². The molecule has 2 N–H and O–H groups in total. The Balaban J connectivity index is 1.39. The van der Waals surface area contributed by atoms with E-state index in [-0.39, 0.29) is 11.9 Å². The zero-order chi connectivity index (χ0) is 23.2. The monoisotopic (exact) mass is 443 g/mol. The van der Waals surface area contributed by atoms with Crippen LogP contribution in [0.3, 0.4) is 0 Å². The first-order chi connectivity index (χ1) is 16.0. The van der Waals surface area contributed by atoms with Crippen molar-refractivity contribution in [2.75, 3.05) is 12.4 Å². The third-order valence-electron chi connectivity index (χ3n) is 5.31. The maximum absolute atomic E-state index is 12.8. The lowest BCUT2D eigenvalue weighted by Gasteiger charge is -2.15. The number of aromatic nitrogens is 5. The molecule has 1 atom stereocenters. The molecule has 33 heavy (non-hydrogen) atoms. The quantitative estimate of drug-likeness (QED) is 0.430. The van der Waals surface area contributed by atoms with Crippen LogP contribution in [-0.2, 0) is 13.6 Å². The minimum absolute atomic E-state index is 0.140. The highest BCUT2D eigenvalue weighted by Gasteiger charge is 2.14. The zero-order valence-electron chi connectivity index (χ0n) is 18.7. The fourth-order valence-corrected chi connectivity index (χ4v) is 3.37. The molecule has 0 aliphatic rings. The summed E-state index contributed by atoms with van der Waals surface area (Å²) >= 11 is 0. The molecule has 2 aromatic heterocycles. The van der Waals surface area contributed by atoms with Crippen molar-refractivity contribution in [2.24, 2.45) is 7.05 Å². The fourth-order valence-electron chi connectivity index (χ4n) is 3.37. The summed E-state index contributed by atoms with van der Waals surface area (Å²) in [4.78, 5) is 20.9. The minimum Gasteiger partial charge on any atom is -0.497 e. The third-order valence-corrected chi connectivity index (χ3v) is 5.31. The van der Waals surface area contributed by atoms with E-state index in [9.17, 15) is 4.79 Å². The number of rotatable bonds is 8. The highest BCUT2D eigenvalue weighted by molar-refractivity contribution is 5.95. The number of carbonyl (C=O) groups excluding carboxylic acids is 1. The van der Waals surface area contributed by atoms with E-state index in [0.717, 1.165) is 22.8 Å². The van der Waals surface area contributed by atoms with Gasteiger partial charge in [-0.2, -0.15) is 0 Å². The Hall–Kier alpha value is -4.27. The summed E-state index contributed by atoms with van der Waals surface area (Å²) < 4.78 is 7.07. The number of nitrogens with one attached hydrogen (secondary N) is 2. The normalized spacial score (nSPS) is 11.6. The van der Waals surface area contributed by atoms with Crippen LogP contribution in [-0.4, -0.2) is 37.7 Å². The summed E-state index contributed by atoms with van der Waals surface area (Å²) in [7, 11) is 3.52. The van der Waals surface area contributed by atoms with Crippen LogP contribution in [0.25, 0.3) is 11.5 Å². The van der Waals surface area contributed by atoms with Crippen LogP contribution in [0.5, 0.6) is 5.75 Å². The van der Waals surface area contributed by atoms with E-state index in [1.54, 1.807) is 25.4 Å². The van der Waals surface area contributed by atoms with Gasteiger partial charge in [-0.1, -0.05) is 18.2 Å². The number of nitrogens with zero attached hydrogens (tertiary/aromatic N) is 5. The molecule has 0 spiro atoms. The van der Waals surface area contributed by atoms with Crippen molar-refractivity contribution in [3.8, 4) is 17.3 Å². The van der Waals surface area contributed by atoms with Crippen molar-refractivity contribution in [1.82, 2.24) is 30.0 Å². The van der Waals surface area contributed by atoms with Crippen LogP contribution in [0.2, 0.25) is 0 Å².